The quantitative estimate of drug-likeness (QED) is 0.104. The van der Waals surface area contributed by atoms with Gasteiger partial charge in [-0.05, 0) is 26.0 Å². The van der Waals surface area contributed by atoms with Crippen molar-refractivity contribution in [2.24, 2.45) is 0 Å². The summed E-state index contributed by atoms with van der Waals surface area (Å²) < 4.78 is 141. The summed E-state index contributed by atoms with van der Waals surface area (Å²) in [6, 6.07) is 4.22. The molecule has 2 aromatic carbocycles. The number of rotatable bonds is 12. The van der Waals surface area contributed by atoms with Gasteiger partial charge in [0, 0.05) is 35.4 Å². The molecular formula is C20H20F8N2O10P2. The van der Waals surface area contributed by atoms with Crippen LogP contribution in [-0.4, -0.2) is 44.2 Å². The van der Waals surface area contributed by atoms with E-state index in [1.54, 1.807) is 0 Å². The monoisotopic (exact) mass is 662 g/mol. The number of benzene rings is 2. The molecule has 2 N–H and O–H groups in total. The predicted octanol–water partition coefficient (Wildman–Crippen LogP) is 7.00. The van der Waals surface area contributed by atoms with Crippen molar-refractivity contribution in [2.45, 2.75) is 37.0 Å². The molecule has 0 unspecified atom stereocenters. The van der Waals surface area contributed by atoms with Crippen molar-refractivity contribution in [3.8, 4) is 0 Å². The van der Waals surface area contributed by atoms with Crippen LogP contribution in [0.2, 0.25) is 0 Å². The maximum Gasteiger partial charge on any atom is 0.412 e. The molecule has 0 saturated carbocycles. The first-order chi connectivity index (χ1) is 18.9. The van der Waals surface area contributed by atoms with Crippen LogP contribution in [0.3, 0.4) is 0 Å². The Balaban J connectivity index is 0.000000428. The van der Waals surface area contributed by atoms with Crippen LogP contribution in [0.15, 0.2) is 48.5 Å². The maximum atomic E-state index is 14.2. The van der Waals surface area contributed by atoms with E-state index in [-0.39, 0.29) is 6.07 Å². The molecule has 0 radical (unpaired) electrons. The zero-order valence-electron chi connectivity index (χ0n) is 21.0. The van der Waals surface area contributed by atoms with Crippen molar-refractivity contribution < 1.29 is 72.9 Å². The Labute approximate surface area is 230 Å². The van der Waals surface area contributed by atoms with Crippen LogP contribution in [-0.2, 0) is 30.0 Å². The van der Waals surface area contributed by atoms with E-state index in [9.17, 15) is 64.5 Å². The lowest BCUT2D eigenvalue weighted by atomic mass is 10.1. The van der Waals surface area contributed by atoms with Gasteiger partial charge in [-0.3, -0.25) is 29.4 Å². The maximum absolute atomic E-state index is 14.2. The first-order valence-corrected chi connectivity index (χ1v) is 14.1. The number of nitro benzene ring substituents is 2. The van der Waals surface area contributed by atoms with Gasteiger partial charge in [0.2, 0.25) is 0 Å². The fourth-order valence-corrected chi connectivity index (χ4v) is 4.90. The van der Waals surface area contributed by atoms with E-state index >= 15 is 0 Å². The van der Waals surface area contributed by atoms with Gasteiger partial charge in [-0.2, -0.15) is 35.1 Å². The molecule has 2 rings (SSSR count). The average Bonchev–Trinajstić information content (AvgIpc) is 2.88. The SMILES string of the molecule is CCOP(=O)(OCC)C(F)(F)C(F)(F)c1cccc([N+](=O)[O-])c1.O=[N+]([O-])c1ccc(C(F)(F)C(F)(F)P(=O)(O)O)cc1. The van der Waals surface area contributed by atoms with Gasteiger partial charge >= 0.3 is 38.4 Å². The van der Waals surface area contributed by atoms with Crippen molar-refractivity contribution in [3.63, 3.8) is 0 Å². The minimum Gasteiger partial charge on any atom is -0.320 e. The van der Waals surface area contributed by atoms with Crippen molar-refractivity contribution in [1.82, 2.24) is 0 Å². The molecule has 0 fully saturated rings. The summed E-state index contributed by atoms with van der Waals surface area (Å²) in [5.41, 5.74) is -15.1. The number of halogens is 8. The summed E-state index contributed by atoms with van der Waals surface area (Å²) in [5, 5.41) is 20.9. The summed E-state index contributed by atoms with van der Waals surface area (Å²) in [6.07, 6.45) is 0. The van der Waals surface area contributed by atoms with Gasteiger partial charge < -0.3 is 18.8 Å². The lowest BCUT2D eigenvalue weighted by molar-refractivity contribution is -0.385. The van der Waals surface area contributed by atoms with Gasteiger partial charge in [-0.25, -0.2) is 0 Å². The molecule has 0 aliphatic rings. The van der Waals surface area contributed by atoms with Crippen molar-refractivity contribution >= 4 is 26.6 Å². The van der Waals surface area contributed by atoms with Crippen LogP contribution < -0.4 is 0 Å². The molecule has 0 aromatic heterocycles. The molecule has 236 valence electrons. The zero-order chi connectivity index (χ0) is 32.9. The van der Waals surface area contributed by atoms with Crippen LogP contribution in [0.1, 0.15) is 25.0 Å². The largest absolute Gasteiger partial charge is 0.412 e. The minimum atomic E-state index is -6.40. The molecule has 0 bridgehead atoms. The van der Waals surface area contributed by atoms with Gasteiger partial charge in [-0.15, -0.1) is 0 Å². The highest BCUT2D eigenvalue weighted by Crippen LogP contribution is 2.69. The van der Waals surface area contributed by atoms with E-state index in [0.717, 1.165) is 12.1 Å². The Morgan fingerprint density at radius 2 is 1.14 bits per heavy atom. The van der Waals surface area contributed by atoms with Gasteiger partial charge in [0.15, 0.2) is 0 Å². The number of hydrogen-bond donors (Lipinski definition) is 2. The molecule has 0 amide bonds. The van der Waals surface area contributed by atoms with Gasteiger partial charge in [0.05, 0.1) is 23.1 Å². The zero-order valence-corrected chi connectivity index (χ0v) is 22.8. The molecule has 0 aliphatic heterocycles. The number of alkyl halides is 8. The van der Waals surface area contributed by atoms with Crippen LogP contribution >= 0.6 is 15.2 Å². The van der Waals surface area contributed by atoms with E-state index in [4.69, 9.17) is 9.79 Å². The summed E-state index contributed by atoms with van der Waals surface area (Å²) in [7, 11) is -11.9. The molecule has 2 aromatic rings. The summed E-state index contributed by atoms with van der Waals surface area (Å²) in [5.74, 6) is -10.2. The Bertz CT molecular complexity index is 1360. The highest BCUT2D eigenvalue weighted by molar-refractivity contribution is 7.55. The van der Waals surface area contributed by atoms with E-state index in [1.165, 1.54) is 13.8 Å². The molecule has 22 heteroatoms. The second-order valence-corrected chi connectivity index (χ2v) is 11.4. The van der Waals surface area contributed by atoms with Crippen molar-refractivity contribution in [3.05, 3.63) is 79.9 Å². The molecule has 0 aliphatic carbocycles. The third-order valence-electron chi connectivity index (χ3n) is 4.92. The summed E-state index contributed by atoms with van der Waals surface area (Å²) >= 11 is 0. The Morgan fingerprint density at radius 1 is 0.714 bits per heavy atom. The Hall–Kier alpha value is -3.02. The van der Waals surface area contributed by atoms with E-state index in [1.807, 2.05) is 0 Å². The van der Waals surface area contributed by atoms with Crippen molar-refractivity contribution in [1.29, 1.82) is 0 Å². The Morgan fingerprint density at radius 3 is 1.52 bits per heavy atom. The molecule has 0 atom stereocenters. The van der Waals surface area contributed by atoms with Crippen LogP contribution in [0.25, 0.3) is 0 Å². The van der Waals surface area contributed by atoms with E-state index in [2.05, 4.69) is 9.05 Å². The minimum absolute atomic E-state index is 0.288. The van der Waals surface area contributed by atoms with Gasteiger partial charge in [0.25, 0.3) is 11.4 Å². The highest BCUT2D eigenvalue weighted by Gasteiger charge is 2.71. The van der Waals surface area contributed by atoms with Crippen LogP contribution in [0.4, 0.5) is 46.5 Å². The second-order valence-electron chi connectivity index (χ2n) is 7.72. The normalized spacial score (nSPS) is 13.2. The number of hydrogen-bond acceptors (Lipinski definition) is 8. The lowest BCUT2D eigenvalue weighted by Gasteiger charge is -2.31. The molecule has 0 saturated heterocycles. The van der Waals surface area contributed by atoms with E-state index < -0.39 is 83.9 Å². The van der Waals surface area contributed by atoms with E-state index in [0.29, 0.717) is 30.3 Å². The molecular weight excluding hydrogens is 642 g/mol. The molecule has 12 nitrogen and oxygen atoms in total. The number of non-ortho nitro benzene ring substituents is 2. The first-order valence-electron chi connectivity index (χ1n) is 10.9. The predicted molar refractivity (Wildman–Crippen MR) is 127 cm³/mol. The smallest absolute Gasteiger partial charge is 0.320 e. The van der Waals surface area contributed by atoms with Crippen LogP contribution in [0.5, 0.6) is 0 Å². The van der Waals surface area contributed by atoms with Gasteiger partial charge in [0.1, 0.15) is 0 Å². The lowest BCUT2D eigenvalue weighted by Crippen LogP contribution is -2.39. The number of nitrogens with zero attached hydrogens (tertiary/aromatic N) is 2. The fraction of sp³-hybridized carbons (Fsp3) is 0.400. The molecule has 0 spiro atoms. The summed E-state index contributed by atoms with van der Waals surface area (Å²) in [6.45, 7) is 1.29. The third-order valence-corrected chi connectivity index (χ3v) is 8.10. The fourth-order valence-electron chi connectivity index (χ4n) is 2.85. The van der Waals surface area contributed by atoms with Crippen LogP contribution in [0, 0.1) is 20.2 Å². The Kier molecular flexibility index (Phi) is 11.5. The second kappa shape index (κ2) is 13.1. The topological polar surface area (TPSA) is 179 Å². The average molecular weight is 662 g/mol. The standard InChI is InChI=1S/C12H14F4NO5P.C8H6F4NO5P/c1-3-21-23(20,22-4-2)12(15,16)11(13,14)9-6-5-7-10(8-9)17(18)19;9-7(10,8(11,12)19(16,17)18)5-1-3-6(4-2-5)13(14)15/h5-8H,3-4H2,1-2H3;1-4H,(H2,16,17,18). The number of nitro groups is 2. The summed E-state index contributed by atoms with van der Waals surface area (Å²) in [4.78, 5) is 35.4. The first kappa shape index (κ1) is 37.0. The highest BCUT2D eigenvalue weighted by atomic mass is 31.2. The van der Waals surface area contributed by atoms with Crippen molar-refractivity contribution in [2.75, 3.05) is 13.2 Å². The van der Waals surface area contributed by atoms with Gasteiger partial charge in [-0.1, -0.05) is 12.1 Å². The third kappa shape index (κ3) is 7.30. The molecule has 0 heterocycles. The molecule has 42 heavy (non-hydrogen) atoms.